The van der Waals surface area contributed by atoms with Gasteiger partial charge in [0.05, 0.1) is 29.4 Å². The van der Waals surface area contributed by atoms with Crippen LogP contribution in [0.1, 0.15) is 23.4 Å². The number of aromatic nitrogens is 1. The van der Waals surface area contributed by atoms with Crippen LogP contribution in [0.5, 0.6) is 0 Å². The van der Waals surface area contributed by atoms with Crippen molar-refractivity contribution in [2.24, 2.45) is 5.73 Å². The molecule has 0 spiro atoms. The largest absolute Gasteiger partial charge is 0.325 e. The summed E-state index contributed by atoms with van der Waals surface area (Å²) in [6, 6.07) is 2.64. The Kier molecular flexibility index (Phi) is 3.63. The SMILES string of the molecule is N#CCc1cc(C(F)F)c(F)c(CN)n1. The van der Waals surface area contributed by atoms with Crippen molar-refractivity contribution in [1.82, 2.24) is 4.98 Å². The zero-order chi connectivity index (χ0) is 11.4. The Balaban J connectivity index is 3.26. The average molecular weight is 215 g/mol. The third-order valence-corrected chi connectivity index (χ3v) is 1.80. The molecular weight excluding hydrogens is 207 g/mol. The molecule has 1 aromatic heterocycles. The van der Waals surface area contributed by atoms with Crippen LogP contribution in [0.3, 0.4) is 0 Å². The second-order valence-electron chi connectivity index (χ2n) is 2.80. The van der Waals surface area contributed by atoms with Crippen LogP contribution in [0.25, 0.3) is 0 Å². The van der Waals surface area contributed by atoms with Gasteiger partial charge in [0, 0.05) is 6.54 Å². The minimum Gasteiger partial charge on any atom is -0.325 e. The summed E-state index contributed by atoms with van der Waals surface area (Å²) in [6.45, 7) is -0.273. The van der Waals surface area contributed by atoms with E-state index in [1.54, 1.807) is 6.07 Å². The zero-order valence-corrected chi connectivity index (χ0v) is 7.67. The Morgan fingerprint density at radius 1 is 1.53 bits per heavy atom. The zero-order valence-electron chi connectivity index (χ0n) is 7.67. The van der Waals surface area contributed by atoms with Crippen LogP contribution in [0.2, 0.25) is 0 Å². The number of alkyl halides is 2. The van der Waals surface area contributed by atoms with E-state index in [0.29, 0.717) is 0 Å². The molecule has 0 aliphatic heterocycles. The Morgan fingerprint density at radius 2 is 2.20 bits per heavy atom. The molecule has 0 saturated carbocycles. The molecule has 1 aromatic rings. The van der Waals surface area contributed by atoms with Gasteiger partial charge in [-0.15, -0.1) is 0 Å². The lowest BCUT2D eigenvalue weighted by Gasteiger charge is -2.07. The molecule has 0 aliphatic rings. The van der Waals surface area contributed by atoms with E-state index in [0.717, 1.165) is 6.07 Å². The summed E-state index contributed by atoms with van der Waals surface area (Å²) in [5.74, 6) is -1.09. The van der Waals surface area contributed by atoms with Crippen LogP contribution in [0.15, 0.2) is 6.07 Å². The van der Waals surface area contributed by atoms with Gasteiger partial charge in [-0.3, -0.25) is 4.98 Å². The predicted octanol–water partition coefficient (Wildman–Crippen LogP) is 1.68. The van der Waals surface area contributed by atoms with Gasteiger partial charge in [-0.1, -0.05) is 0 Å². The lowest BCUT2D eigenvalue weighted by Crippen LogP contribution is -2.09. The molecule has 0 atom stereocenters. The summed E-state index contributed by atoms with van der Waals surface area (Å²) in [5.41, 5.74) is 4.27. The van der Waals surface area contributed by atoms with Gasteiger partial charge in [0.25, 0.3) is 6.43 Å². The van der Waals surface area contributed by atoms with Gasteiger partial charge in [0.15, 0.2) is 5.82 Å². The highest BCUT2D eigenvalue weighted by Gasteiger charge is 2.18. The fraction of sp³-hybridized carbons (Fsp3) is 0.333. The van der Waals surface area contributed by atoms with Crippen molar-refractivity contribution in [2.45, 2.75) is 19.4 Å². The van der Waals surface area contributed by atoms with Crippen LogP contribution in [0.4, 0.5) is 13.2 Å². The van der Waals surface area contributed by atoms with Crippen molar-refractivity contribution in [3.8, 4) is 6.07 Å². The standard InChI is InChI=1S/C9H8F3N3/c10-8-6(9(11)12)3-5(1-2-13)15-7(8)4-14/h3,9H,1,4,14H2. The highest BCUT2D eigenvalue weighted by Crippen LogP contribution is 2.24. The average Bonchev–Trinajstić information content (AvgIpc) is 2.20. The van der Waals surface area contributed by atoms with Crippen molar-refractivity contribution in [3.63, 3.8) is 0 Å². The number of halogens is 3. The number of nitriles is 1. The first-order valence-electron chi connectivity index (χ1n) is 4.13. The van der Waals surface area contributed by atoms with Crippen molar-refractivity contribution in [3.05, 3.63) is 28.8 Å². The number of hydrogen-bond donors (Lipinski definition) is 1. The fourth-order valence-electron chi connectivity index (χ4n) is 1.13. The molecule has 0 radical (unpaired) electrons. The molecule has 2 N–H and O–H groups in total. The second-order valence-corrected chi connectivity index (χ2v) is 2.80. The molecule has 3 nitrogen and oxygen atoms in total. The van der Waals surface area contributed by atoms with E-state index in [-0.39, 0.29) is 24.4 Å². The maximum Gasteiger partial charge on any atom is 0.266 e. The fourth-order valence-corrected chi connectivity index (χ4v) is 1.13. The van der Waals surface area contributed by atoms with E-state index in [9.17, 15) is 13.2 Å². The first-order valence-corrected chi connectivity index (χ1v) is 4.13. The Bertz CT molecular complexity index is 398. The molecule has 15 heavy (non-hydrogen) atoms. The summed E-state index contributed by atoms with van der Waals surface area (Å²) >= 11 is 0. The van der Waals surface area contributed by atoms with Gasteiger partial charge in [-0.2, -0.15) is 5.26 Å². The smallest absolute Gasteiger partial charge is 0.266 e. The minimum atomic E-state index is -2.93. The van der Waals surface area contributed by atoms with Crippen LogP contribution in [-0.4, -0.2) is 4.98 Å². The number of rotatable bonds is 3. The molecule has 0 unspecified atom stereocenters. The van der Waals surface area contributed by atoms with Crippen LogP contribution < -0.4 is 5.73 Å². The summed E-state index contributed by atoms with van der Waals surface area (Å²) in [6.07, 6.45) is -3.08. The maximum atomic E-state index is 13.2. The van der Waals surface area contributed by atoms with E-state index in [2.05, 4.69) is 4.98 Å². The molecule has 0 saturated heterocycles. The van der Waals surface area contributed by atoms with Gasteiger partial charge >= 0.3 is 0 Å². The highest BCUT2D eigenvalue weighted by atomic mass is 19.3. The van der Waals surface area contributed by atoms with E-state index < -0.39 is 17.8 Å². The monoisotopic (exact) mass is 215 g/mol. The van der Waals surface area contributed by atoms with Crippen molar-refractivity contribution >= 4 is 0 Å². The van der Waals surface area contributed by atoms with Gasteiger partial charge in [-0.05, 0) is 6.07 Å². The molecule has 0 amide bonds. The first kappa shape index (κ1) is 11.5. The number of nitrogens with two attached hydrogens (primary N) is 1. The Morgan fingerprint density at radius 3 is 2.67 bits per heavy atom. The summed E-state index contributed by atoms with van der Waals surface area (Å²) in [5, 5.41) is 8.38. The normalized spacial score (nSPS) is 10.4. The lowest BCUT2D eigenvalue weighted by molar-refractivity contribution is 0.145. The number of pyridine rings is 1. The van der Waals surface area contributed by atoms with Crippen LogP contribution >= 0.6 is 0 Å². The van der Waals surface area contributed by atoms with Crippen LogP contribution in [-0.2, 0) is 13.0 Å². The van der Waals surface area contributed by atoms with Gasteiger partial charge < -0.3 is 5.73 Å². The molecule has 0 bridgehead atoms. The van der Waals surface area contributed by atoms with E-state index >= 15 is 0 Å². The lowest BCUT2D eigenvalue weighted by atomic mass is 10.1. The number of nitrogens with zero attached hydrogens (tertiary/aromatic N) is 2. The quantitative estimate of drug-likeness (QED) is 0.834. The van der Waals surface area contributed by atoms with Gasteiger partial charge in [-0.25, -0.2) is 13.2 Å². The summed E-state index contributed by atoms with van der Waals surface area (Å²) in [4.78, 5) is 3.67. The molecular formula is C9H8F3N3. The predicted molar refractivity (Wildman–Crippen MR) is 46.4 cm³/mol. The molecule has 1 heterocycles. The van der Waals surface area contributed by atoms with Crippen molar-refractivity contribution < 1.29 is 13.2 Å². The minimum absolute atomic E-state index is 0.106. The molecule has 0 aliphatic carbocycles. The molecule has 6 heteroatoms. The first-order chi connectivity index (χ1) is 7.10. The highest BCUT2D eigenvalue weighted by molar-refractivity contribution is 5.26. The number of hydrogen-bond acceptors (Lipinski definition) is 3. The van der Waals surface area contributed by atoms with E-state index in [1.807, 2.05) is 0 Å². The van der Waals surface area contributed by atoms with Crippen LogP contribution in [0, 0.1) is 17.1 Å². The molecule has 1 rings (SSSR count). The van der Waals surface area contributed by atoms with Crippen molar-refractivity contribution in [2.75, 3.05) is 0 Å². The van der Waals surface area contributed by atoms with Gasteiger partial charge in [0.2, 0.25) is 0 Å². The third kappa shape index (κ3) is 2.44. The topological polar surface area (TPSA) is 62.7 Å². The van der Waals surface area contributed by atoms with Gasteiger partial charge in [0.1, 0.15) is 0 Å². The van der Waals surface area contributed by atoms with E-state index in [4.69, 9.17) is 11.0 Å². The second kappa shape index (κ2) is 4.75. The Labute approximate surface area is 84.3 Å². The third-order valence-electron chi connectivity index (χ3n) is 1.80. The van der Waals surface area contributed by atoms with E-state index in [1.165, 1.54) is 0 Å². The summed E-state index contributed by atoms with van der Waals surface area (Å²) < 4.78 is 38.0. The van der Waals surface area contributed by atoms with Crippen molar-refractivity contribution in [1.29, 1.82) is 5.26 Å². The summed E-state index contributed by atoms with van der Waals surface area (Å²) in [7, 11) is 0. The molecule has 0 fully saturated rings. The Hall–Kier alpha value is -1.61. The molecule has 80 valence electrons. The maximum absolute atomic E-state index is 13.2. The molecule has 0 aromatic carbocycles.